The molecule has 6 nitrogen and oxygen atoms in total. The molecule has 2 fully saturated rings. The summed E-state index contributed by atoms with van der Waals surface area (Å²) >= 11 is 0. The number of epoxide rings is 2. The first kappa shape index (κ1) is 16.8. The molecule has 0 bridgehead atoms. The quantitative estimate of drug-likeness (QED) is 0.501. The number of rotatable bonds is 9. The Bertz CT molecular complexity index is 720. The van der Waals surface area contributed by atoms with Gasteiger partial charge in [-0.3, -0.25) is 9.05 Å². The fraction of sp³-hybridized carbons (Fsp3) is 0.333. The third kappa shape index (κ3) is 4.91. The second-order valence-corrected chi connectivity index (χ2v) is 7.52. The third-order valence-electron chi connectivity index (χ3n) is 3.82. The number of hydrogen-bond acceptors (Lipinski definition) is 6. The van der Waals surface area contributed by atoms with Crippen molar-refractivity contribution >= 4 is 7.82 Å². The Balaban J connectivity index is 1.43. The van der Waals surface area contributed by atoms with Gasteiger partial charge >= 0.3 is 7.82 Å². The highest BCUT2D eigenvalue weighted by molar-refractivity contribution is 7.48. The fourth-order valence-electron chi connectivity index (χ4n) is 2.24. The molecule has 2 heterocycles. The minimum atomic E-state index is -3.72. The van der Waals surface area contributed by atoms with E-state index in [0.717, 1.165) is 11.1 Å². The van der Waals surface area contributed by atoms with E-state index in [0.29, 0.717) is 19.0 Å². The SMILES string of the molecule is O=P(OCC1CO1)(OCC1CO1)Oc1ccc(-c2ccccc2)cc1. The van der Waals surface area contributed by atoms with Gasteiger partial charge in [0.25, 0.3) is 0 Å². The summed E-state index contributed by atoms with van der Waals surface area (Å²) in [5.41, 5.74) is 2.14. The van der Waals surface area contributed by atoms with Crippen molar-refractivity contribution in [2.24, 2.45) is 0 Å². The zero-order valence-electron chi connectivity index (χ0n) is 13.6. The van der Waals surface area contributed by atoms with E-state index >= 15 is 0 Å². The van der Waals surface area contributed by atoms with E-state index in [1.165, 1.54) is 0 Å². The highest BCUT2D eigenvalue weighted by Gasteiger charge is 2.36. The molecule has 7 heteroatoms. The molecule has 2 aliphatic rings. The predicted molar refractivity (Wildman–Crippen MR) is 91.5 cm³/mol. The smallest absolute Gasteiger partial charge is 0.404 e. The summed E-state index contributed by atoms with van der Waals surface area (Å²) in [6, 6.07) is 17.3. The van der Waals surface area contributed by atoms with Crippen molar-refractivity contribution in [3.63, 3.8) is 0 Å². The van der Waals surface area contributed by atoms with Crippen LogP contribution in [0.3, 0.4) is 0 Å². The molecule has 0 saturated carbocycles. The normalized spacial score (nSPS) is 23.7. The lowest BCUT2D eigenvalue weighted by Gasteiger charge is -2.18. The summed E-state index contributed by atoms with van der Waals surface area (Å²) in [6.07, 6.45) is -0.0590. The first-order chi connectivity index (χ1) is 12.2. The van der Waals surface area contributed by atoms with Crippen molar-refractivity contribution in [2.45, 2.75) is 12.2 Å². The molecule has 4 rings (SSSR count). The highest BCUT2D eigenvalue weighted by Crippen LogP contribution is 2.50. The zero-order chi connectivity index (χ0) is 17.1. The van der Waals surface area contributed by atoms with Gasteiger partial charge in [-0.25, -0.2) is 4.57 Å². The van der Waals surface area contributed by atoms with Crippen LogP contribution < -0.4 is 4.52 Å². The average Bonchev–Trinajstić information content (AvgIpc) is 3.55. The highest BCUT2D eigenvalue weighted by atomic mass is 31.2. The Morgan fingerprint density at radius 2 is 1.36 bits per heavy atom. The molecule has 0 spiro atoms. The van der Waals surface area contributed by atoms with E-state index in [2.05, 4.69) is 0 Å². The van der Waals surface area contributed by atoms with Gasteiger partial charge in [0.05, 0.1) is 26.4 Å². The molecule has 2 saturated heterocycles. The summed E-state index contributed by atoms with van der Waals surface area (Å²) < 4.78 is 39.3. The first-order valence-corrected chi connectivity index (χ1v) is 9.64. The van der Waals surface area contributed by atoms with Crippen molar-refractivity contribution in [1.82, 2.24) is 0 Å². The van der Waals surface area contributed by atoms with E-state index in [9.17, 15) is 4.57 Å². The molecule has 0 N–H and O–H groups in total. The molecule has 2 aliphatic heterocycles. The third-order valence-corrected chi connectivity index (χ3v) is 5.19. The van der Waals surface area contributed by atoms with Crippen LogP contribution in [-0.2, 0) is 23.1 Å². The minimum absolute atomic E-state index is 0.0295. The molecule has 0 aliphatic carbocycles. The molecule has 2 atom stereocenters. The van der Waals surface area contributed by atoms with E-state index in [-0.39, 0.29) is 25.4 Å². The summed E-state index contributed by atoms with van der Waals surface area (Å²) in [5, 5.41) is 0. The van der Waals surface area contributed by atoms with Gasteiger partial charge in [-0.1, -0.05) is 42.5 Å². The van der Waals surface area contributed by atoms with Crippen molar-refractivity contribution in [1.29, 1.82) is 0 Å². The maximum Gasteiger partial charge on any atom is 0.530 e. The molecular weight excluding hydrogens is 343 g/mol. The van der Waals surface area contributed by atoms with Crippen LogP contribution in [0, 0.1) is 0 Å². The van der Waals surface area contributed by atoms with Gasteiger partial charge in [0.2, 0.25) is 0 Å². The van der Waals surface area contributed by atoms with Gasteiger partial charge in [-0.15, -0.1) is 0 Å². The topological polar surface area (TPSA) is 69.8 Å². The van der Waals surface area contributed by atoms with Gasteiger partial charge in [-0.2, -0.15) is 0 Å². The van der Waals surface area contributed by atoms with Gasteiger partial charge < -0.3 is 14.0 Å². The van der Waals surface area contributed by atoms with Crippen molar-refractivity contribution in [2.75, 3.05) is 26.4 Å². The zero-order valence-corrected chi connectivity index (χ0v) is 14.5. The Hall–Kier alpha value is -1.69. The first-order valence-electron chi connectivity index (χ1n) is 8.18. The Morgan fingerprint density at radius 3 is 1.88 bits per heavy atom. The summed E-state index contributed by atoms with van der Waals surface area (Å²) in [5.74, 6) is 0.427. The number of ether oxygens (including phenoxy) is 2. The molecule has 2 aromatic rings. The van der Waals surface area contributed by atoms with Crippen LogP contribution in [0.4, 0.5) is 0 Å². The lowest BCUT2D eigenvalue weighted by atomic mass is 10.1. The predicted octanol–water partition coefficient (Wildman–Crippen LogP) is 3.67. The summed E-state index contributed by atoms with van der Waals surface area (Å²) in [6.45, 7) is 1.59. The number of benzene rings is 2. The average molecular weight is 362 g/mol. The second kappa shape index (κ2) is 7.28. The Kier molecular flexibility index (Phi) is 4.88. The van der Waals surface area contributed by atoms with Crippen molar-refractivity contribution < 1.29 is 27.6 Å². The summed E-state index contributed by atoms with van der Waals surface area (Å²) in [4.78, 5) is 0. The lowest BCUT2D eigenvalue weighted by Crippen LogP contribution is -2.09. The van der Waals surface area contributed by atoms with Crippen molar-refractivity contribution in [3.05, 3.63) is 54.6 Å². The molecule has 25 heavy (non-hydrogen) atoms. The van der Waals surface area contributed by atoms with Crippen LogP contribution in [0.25, 0.3) is 11.1 Å². The molecule has 0 radical (unpaired) electrons. The Morgan fingerprint density at radius 1 is 0.840 bits per heavy atom. The number of phosphoric acid groups is 1. The van der Waals surface area contributed by atoms with Crippen LogP contribution in [0.1, 0.15) is 0 Å². The van der Waals surface area contributed by atoms with Gasteiger partial charge in [0, 0.05) is 0 Å². The Labute approximate surface area is 146 Å². The molecule has 132 valence electrons. The van der Waals surface area contributed by atoms with Crippen LogP contribution in [0.15, 0.2) is 54.6 Å². The van der Waals surface area contributed by atoms with Gasteiger partial charge in [0.1, 0.15) is 18.0 Å². The van der Waals surface area contributed by atoms with Crippen LogP contribution in [-0.4, -0.2) is 38.6 Å². The van der Waals surface area contributed by atoms with Gasteiger partial charge in [0.15, 0.2) is 0 Å². The van der Waals surface area contributed by atoms with E-state index in [1.807, 2.05) is 42.5 Å². The van der Waals surface area contributed by atoms with Crippen LogP contribution in [0.5, 0.6) is 5.75 Å². The molecule has 2 unspecified atom stereocenters. The molecule has 2 aromatic carbocycles. The number of phosphoric ester groups is 1. The molecular formula is C18H19O6P. The minimum Gasteiger partial charge on any atom is -0.404 e. The van der Waals surface area contributed by atoms with Gasteiger partial charge in [-0.05, 0) is 23.3 Å². The fourth-order valence-corrected chi connectivity index (χ4v) is 3.49. The molecule has 0 aromatic heterocycles. The largest absolute Gasteiger partial charge is 0.530 e. The van der Waals surface area contributed by atoms with E-state index in [4.69, 9.17) is 23.0 Å². The van der Waals surface area contributed by atoms with Crippen molar-refractivity contribution in [3.8, 4) is 16.9 Å². The van der Waals surface area contributed by atoms with Crippen LogP contribution >= 0.6 is 7.82 Å². The standard InChI is InChI=1S/C18H19O6P/c19-25(22-12-17-10-20-17,23-13-18-11-21-18)24-16-8-6-15(7-9-16)14-4-2-1-3-5-14/h1-9,17-18H,10-13H2. The second-order valence-electron chi connectivity index (χ2n) is 5.93. The number of hydrogen-bond donors (Lipinski definition) is 0. The monoisotopic (exact) mass is 362 g/mol. The van der Waals surface area contributed by atoms with E-state index < -0.39 is 7.82 Å². The van der Waals surface area contributed by atoms with Crippen LogP contribution in [0.2, 0.25) is 0 Å². The summed E-state index contributed by atoms with van der Waals surface area (Å²) in [7, 11) is -3.72. The van der Waals surface area contributed by atoms with E-state index in [1.54, 1.807) is 12.1 Å². The maximum absolute atomic E-state index is 12.8. The molecule has 0 amide bonds. The lowest BCUT2D eigenvalue weighted by molar-refractivity contribution is 0.137. The maximum atomic E-state index is 12.8.